The van der Waals surface area contributed by atoms with Crippen LogP contribution in [0.5, 0.6) is 0 Å². The van der Waals surface area contributed by atoms with Crippen LogP contribution in [0.2, 0.25) is 5.02 Å². The molecule has 1 aromatic carbocycles. The zero-order chi connectivity index (χ0) is 12.1. The lowest BCUT2D eigenvalue weighted by molar-refractivity contribution is -0.119. The maximum atomic E-state index is 11.8. The summed E-state index contributed by atoms with van der Waals surface area (Å²) in [7, 11) is 0. The van der Waals surface area contributed by atoms with Gasteiger partial charge in [0.15, 0.2) is 0 Å². The minimum Gasteiger partial charge on any atom is -0.330 e. The second-order valence-corrected chi connectivity index (χ2v) is 4.23. The minimum atomic E-state index is -0.140. The Morgan fingerprint density at radius 2 is 2.25 bits per heavy atom. The maximum absolute atomic E-state index is 11.8. The van der Waals surface area contributed by atoms with E-state index >= 15 is 0 Å². The van der Waals surface area contributed by atoms with Crippen molar-refractivity contribution in [3.8, 4) is 0 Å². The number of nitrogens with two attached hydrogens (primary N) is 1. The highest BCUT2D eigenvalue weighted by molar-refractivity contribution is 6.31. The van der Waals surface area contributed by atoms with Gasteiger partial charge >= 0.3 is 0 Å². The van der Waals surface area contributed by atoms with E-state index in [2.05, 4.69) is 5.32 Å². The molecule has 1 amide bonds. The molecule has 3 N–H and O–H groups in total. The van der Waals surface area contributed by atoms with Crippen LogP contribution in [0, 0.1) is 12.8 Å². The fraction of sp³-hybridized carbons (Fsp3) is 0.417. The molecule has 0 fully saturated rings. The molecule has 0 saturated heterocycles. The minimum absolute atomic E-state index is 0.0460. The summed E-state index contributed by atoms with van der Waals surface area (Å²) in [5.41, 5.74) is 7.26. The second kappa shape index (κ2) is 5.87. The summed E-state index contributed by atoms with van der Waals surface area (Å²) in [5.74, 6) is -0.186. The lowest BCUT2D eigenvalue weighted by atomic mass is 10.1. The third kappa shape index (κ3) is 3.22. The highest BCUT2D eigenvalue weighted by Gasteiger charge is 2.15. The number of amides is 1. The monoisotopic (exact) mass is 240 g/mol. The number of carbonyl (C=O) groups is 1. The number of nitrogens with one attached hydrogen (secondary N) is 1. The zero-order valence-electron chi connectivity index (χ0n) is 9.59. The number of rotatable bonds is 4. The van der Waals surface area contributed by atoms with Crippen molar-refractivity contribution in [1.82, 2.24) is 0 Å². The molecule has 0 saturated carbocycles. The highest BCUT2D eigenvalue weighted by atomic mass is 35.5. The number of hydrogen-bond donors (Lipinski definition) is 2. The van der Waals surface area contributed by atoms with Crippen LogP contribution in [0.15, 0.2) is 18.2 Å². The molecule has 0 aromatic heterocycles. The molecule has 1 rings (SSSR count). The van der Waals surface area contributed by atoms with Crippen molar-refractivity contribution >= 4 is 23.2 Å². The summed E-state index contributed by atoms with van der Waals surface area (Å²) >= 11 is 5.87. The first-order valence-corrected chi connectivity index (χ1v) is 5.73. The largest absolute Gasteiger partial charge is 0.330 e. The van der Waals surface area contributed by atoms with Crippen molar-refractivity contribution in [2.24, 2.45) is 11.7 Å². The van der Waals surface area contributed by atoms with E-state index in [0.29, 0.717) is 11.6 Å². The highest BCUT2D eigenvalue weighted by Crippen LogP contribution is 2.20. The molecule has 1 atom stereocenters. The summed E-state index contributed by atoms with van der Waals surface area (Å²) in [4.78, 5) is 11.8. The van der Waals surface area contributed by atoms with Gasteiger partial charge in [-0.2, -0.15) is 0 Å². The third-order valence-electron chi connectivity index (χ3n) is 2.61. The van der Waals surface area contributed by atoms with Gasteiger partial charge in [-0.1, -0.05) is 24.6 Å². The van der Waals surface area contributed by atoms with Gasteiger partial charge in [0.1, 0.15) is 0 Å². The van der Waals surface area contributed by atoms with Gasteiger partial charge < -0.3 is 11.1 Å². The molecule has 88 valence electrons. The van der Waals surface area contributed by atoms with Crippen LogP contribution in [0.4, 0.5) is 5.69 Å². The Labute approximate surface area is 101 Å². The average molecular weight is 241 g/mol. The molecule has 0 aliphatic carbocycles. The smallest absolute Gasteiger partial charge is 0.228 e. The molecule has 0 aliphatic rings. The molecule has 3 nitrogen and oxygen atoms in total. The summed E-state index contributed by atoms with van der Waals surface area (Å²) < 4.78 is 0. The lowest BCUT2D eigenvalue weighted by Gasteiger charge is -2.14. The van der Waals surface area contributed by atoms with E-state index in [1.54, 1.807) is 12.1 Å². The Balaban J connectivity index is 2.80. The van der Waals surface area contributed by atoms with E-state index in [4.69, 9.17) is 17.3 Å². The number of carbonyl (C=O) groups excluding carboxylic acids is 1. The quantitative estimate of drug-likeness (QED) is 0.850. The predicted octanol–water partition coefficient (Wildman–Crippen LogP) is 2.57. The van der Waals surface area contributed by atoms with Crippen molar-refractivity contribution < 1.29 is 4.79 Å². The Morgan fingerprint density at radius 3 is 2.81 bits per heavy atom. The predicted molar refractivity (Wildman–Crippen MR) is 67.7 cm³/mol. The average Bonchev–Trinajstić information content (AvgIpc) is 2.25. The van der Waals surface area contributed by atoms with E-state index in [9.17, 15) is 4.79 Å². The van der Waals surface area contributed by atoms with Crippen LogP contribution in [0.3, 0.4) is 0 Å². The fourth-order valence-corrected chi connectivity index (χ4v) is 1.59. The molecule has 16 heavy (non-hydrogen) atoms. The molecule has 1 unspecified atom stereocenters. The van der Waals surface area contributed by atoms with Crippen molar-refractivity contribution in [3.63, 3.8) is 0 Å². The van der Waals surface area contributed by atoms with Gasteiger partial charge in [0, 0.05) is 17.3 Å². The summed E-state index contributed by atoms with van der Waals surface area (Å²) in [5, 5.41) is 3.46. The van der Waals surface area contributed by atoms with Crippen LogP contribution in [-0.2, 0) is 4.79 Å². The molecular weight excluding hydrogens is 224 g/mol. The molecular formula is C12H17ClN2O. The molecule has 1 aromatic rings. The first-order chi connectivity index (χ1) is 7.58. The SMILES string of the molecule is CCC(CN)C(=O)Nc1cc(Cl)ccc1C. The Bertz CT molecular complexity index is 375. The normalized spacial score (nSPS) is 12.2. The van der Waals surface area contributed by atoms with Gasteiger partial charge in [0.25, 0.3) is 0 Å². The van der Waals surface area contributed by atoms with Crippen LogP contribution in [0.1, 0.15) is 18.9 Å². The van der Waals surface area contributed by atoms with Crippen molar-refractivity contribution in [2.45, 2.75) is 20.3 Å². The van der Waals surface area contributed by atoms with E-state index < -0.39 is 0 Å². The number of benzene rings is 1. The molecule has 0 spiro atoms. The van der Waals surface area contributed by atoms with Crippen LogP contribution in [0.25, 0.3) is 0 Å². The van der Waals surface area contributed by atoms with E-state index in [1.165, 1.54) is 0 Å². The zero-order valence-corrected chi connectivity index (χ0v) is 10.3. The molecule has 0 radical (unpaired) electrons. The number of hydrogen-bond acceptors (Lipinski definition) is 2. The number of aryl methyl sites for hydroxylation is 1. The van der Waals surface area contributed by atoms with E-state index in [-0.39, 0.29) is 11.8 Å². The van der Waals surface area contributed by atoms with Crippen molar-refractivity contribution in [2.75, 3.05) is 11.9 Å². The van der Waals surface area contributed by atoms with Crippen LogP contribution in [-0.4, -0.2) is 12.5 Å². The van der Waals surface area contributed by atoms with Gasteiger partial charge in [-0.05, 0) is 31.0 Å². The maximum Gasteiger partial charge on any atom is 0.228 e. The van der Waals surface area contributed by atoms with Gasteiger partial charge in [-0.3, -0.25) is 4.79 Å². The van der Waals surface area contributed by atoms with E-state index in [1.807, 2.05) is 19.9 Å². The van der Waals surface area contributed by atoms with Gasteiger partial charge in [-0.15, -0.1) is 0 Å². The second-order valence-electron chi connectivity index (χ2n) is 3.79. The van der Waals surface area contributed by atoms with E-state index in [0.717, 1.165) is 17.7 Å². The fourth-order valence-electron chi connectivity index (χ4n) is 1.42. The Morgan fingerprint density at radius 1 is 1.56 bits per heavy atom. The van der Waals surface area contributed by atoms with Crippen molar-refractivity contribution in [3.05, 3.63) is 28.8 Å². The lowest BCUT2D eigenvalue weighted by Crippen LogP contribution is -2.28. The Kier molecular flexibility index (Phi) is 4.77. The van der Waals surface area contributed by atoms with Gasteiger partial charge in [-0.25, -0.2) is 0 Å². The number of halogens is 1. The molecule has 4 heteroatoms. The third-order valence-corrected chi connectivity index (χ3v) is 2.84. The summed E-state index contributed by atoms with van der Waals surface area (Å²) in [6.07, 6.45) is 0.738. The van der Waals surface area contributed by atoms with Crippen LogP contribution < -0.4 is 11.1 Å². The van der Waals surface area contributed by atoms with Gasteiger partial charge in [0.05, 0.1) is 5.92 Å². The first kappa shape index (κ1) is 13.0. The standard InChI is InChI=1S/C12H17ClN2O/c1-3-9(7-14)12(16)15-11-6-10(13)5-4-8(11)2/h4-6,9H,3,7,14H2,1-2H3,(H,15,16). The topological polar surface area (TPSA) is 55.1 Å². The molecule has 0 aliphatic heterocycles. The Hall–Kier alpha value is -1.06. The van der Waals surface area contributed by atoms with Crippen LogP contribution >= 0.6 is 11.6 Å². The summed E-state index contributed by atoms with van der Waals surface area (Å²) in [6, 6.07) is 5.42. The van der Waals surface area contributed by atoms with Gasteiger partial charge in [0.2, 0.25) is 5.91 Å². The summed E-state index contributed by atoms with van der Waals surface area (Å²) in [6.45, 7) is 4.24. The first-order valence-electron chi connectivity index (χ1n) is 5.35. The van der Waals surface area contributed by atoms with Crippen molar-refractivity contribution in [1.29, 1.82) is 0 Å². The molecule has 0 heterocycles. The number of anilines is 1. The molecule has 0 bridgehead atoms.